The number of nitrogens with one attached hydrogen (secondary N) is 1. The lowest BCUT2D eigenvalue weighted by atomic mass is 9.84. The largest absolute Gasteiger partial charge is 0.363 e. The van der Waals surface area contributed by atoms with E-state index in [1.165, 1.54) is 0 Å². The summed E-state index contributed by atoms with van der Waals surface area (Å²) in [5, 5.41) is 3.56. The van der Waals surface area contributed by atoms with Gasteiger partial charge in [0.1, 0.15) is 11.6 Å². The van der Waals surface area contributed by atoms with Gasteiger partial charge in [0.25, 0.3) is 0 Å². The van der Waals surface area contributed by atoms with Crippen LogP contribution in [0.1, 0.15) is 34.1 Å². The normalized spacial score (nSPS) is 23.5. The zero-order valence-electron chi connectivity index (χ0n) is 13.0. The topological polar surface area (TPSA) is 15.3 Å². The molecular formula is C16H23BrF2N2. The summed E-state index contributed by atoms with van der Waals surface area (Å²) in [7, 11) is 0. The van der Waals surface area contributed by atoms with Gasteiger partial charge in [-0.3, -0.25) is 0 Å². The minimum Gasteiger partial charge on any atom is -0.363 e. The highest BCUT2D eigenvalue weighted by molar-refractivity contribution is 9.10. The minimum atomic E-state index is -0.563. The molecule has 1 aliphatic heterocycles. The van der Waals surface area contributed by atoms with Crippen molar-refractivity contribution in [2.75, 3.05) is 18.0 Å². The average molecular weight is 361 g/mol. The fourth-order valence-corrected chi connectivity index (χ4v) is 3.10. The smallest absolute Gasteiger partial charge is 0.149 e. The monoisotopic (exact) mass is 360 g/mol. The van der Waals surface area contributed by atoms with Gasteiger partial charge in [-0.05, 0) is 33.8 Å². The van der Waals surface area contributed by atoms with Crippen LogP contribution < -0.4 is 10.2 Å². The number of benzene rings is 1. The maximum Gasteiger partial charge on any atom is 0.149 e. The number of rotatable bonds is 2. The van der Waals surface area contributed by atoms with Gasteiger partial charge in [0.15, 0.2) is 0 Å². The van der Waals surface area contributed by atoms with E-state index in [0.29, 0.717) is 10.2 Å². The van der Waals surface area contributed by atoms with E-state index in [4.69, 9.17) is 0 Å². The first-order valence-electron chi connectivity index (χ1n) is 7.38. The van der Waals surface area contributed by atoms with Crippen molar-refractivity contribution in [2.45, 2.75) is 46.2 Å². The third-order valence-corrected chi connectivity index (χ3v) is 4.84. The van der Waals surface area contributed by atoms with E-state index in [9.17, 15) is 8.78 Å². The Labute approximate surface area is 134 Å². The van der Waals surface area contributed by atoms with Gasteiger partial charge in [-0.25, -0.2) is 8.78 Å². The molecule has 21 heavy (non-hydrogen) atoms. The first-order valence-corrected chi connectivity index (χ1v) is 8.18. The summed E-state index contributed by atoms with van der Waals surface area (Å²) in [5.41, 5.74) is 0.566. The molecule has 1 aliphatic rings. The number of hydrogen-bond acceptors (Lipinski definition) is 2. The van der Waals surface area contributed by atoms with E-state index in [0.717, 1.165) is 25.6 Å². The Kier molecular flexibility index (Phi) is 4.93. The Bertz CT molecular complexity index is 514. The zero-order valence-corrected chi connectivity index (χ0v) is 14.6. The maximum atomic E-state index is 14.2. The summed E-state index contributed by atoms with van der Waals surface area (Å²) in [6, 6.07) is 3.00. The summed E-state index contributed by atoms with van der Waals surface area (Å²) in [6.07, 6.45) is 0.915. The van der Waals surface area contributed by atoms with Crippen LogP contribution in [0.2, 0.25) is 0 Å². The van der Waals surface area contributed by atoms with E-state index in [-0.39, 0.29) is 17.5 Å². The molecule has 118 valence electrons. The second-order valence-electron chi connectivity index (χ2n) is 6.76. The highest BCUT2D eigenvalue weighted by Crippen LogP contribution is 2.32. The molecule has 0 bridgehead atoms. The Morgan fingerprint density at radius 3 is 2.52 bits per heavy atom. The van der Waals surface area contributed by atoms with E-state index < -0.39 is 11.6 Å². The molecule has 0 radical (unpaired) electrons. The number of nitrogens with zero attached hydrogens (tertiary/aromatic N) is 1. The van der Waals surface area contributed by atoms with Crippen molar-refractivity contribution in [1.82, 2.24) is 5.32 Å². The first-order chi connectivity index (χ1) is 9.74. The summed E-state index contributed by atoms with van der Waals surface area (Å²) >= 11 is 3.16. The Morgan fingerprint density at radius 2 is 1.95 bits per heavy atom. The maximum absolute atomic E-state index is 14.2. The Balaban J connectivity index is 2.36. The van der Waals surface area contributed by atoms with Crippen LogP contribution in [0.25, 0.3) is 0 Å². The molecule has 0 aromatic heterocycles. The third kappa shape index (κ3) is 3.57. The highest BCUT2D eigenvalue weighted by Gasteiger charge is 2.34. The van der Waals surface area contributed by atoms with Crippen LogP contribution in [-0.4, -0.2) is 25.2 Å². The molecule has 1 aromatic rings. The van der Waals surface area contributed by atoms with Crippen LogP contribution in [0, 0.1) is 17.0 Å². The van der Waals surface area contributed by atoms with Crippen LogP contribution in [-0.2, 0) is 0 Å². The fraction of sp³-hybridized carbons (Fsp3) is 0.625. The standard InChI is InChI=1S/C16H23BrF2N2/c1-5-10-8-20-15(16(2,3)4)9-21(10)14-6-11(17)12(18)7-13(14)19/h6-7,10,15,20H,5,8-9H2,1-4H3. The van der Waals surface area contributed by atoms with Gasteiger partial charge in [-0.2, -0.15) is 0 Å². The molecule has 1 N–H and O–H groups in total. The number of piperazine rings is 1. The predicted molar refractivity (Wildman–Crippen MR) is 86.7 cm³/mol. The van der Waals surface area contributed by atoms with Crippen molar-refractivity contribution in [2.24, 2.45) is 5.41 Å². The van der Waals surface area contributed by atoms with Gasteiger partial charge in [-0.1, -0.05) is 27.7 Å². The van der Waals surface area contributed by atoms with Gasteiger partial charge in [0.05, 0.1) is 10.2 Å². The second-order valence-corrected chi connectivity index (χ2v) is 7.61. The van der Waals surface area contributed by atoms with Crippen LogP contribution in [0.3, 0.4) is 0 Å². The molecule has 2 nitrogen and oxygen atoms in total. The molecule has 1 saturated heterocycles. The molecule has 2 atom stereocenters. The van der Waals surface area contributed by atoms with E-state index >= 15 is 0 Å². The van der Waals surface area contributed by atoms with E-state index in [1.54, 1.807) is 6.07 Å². The van der Waals surface area contributed by atoms with Crippen LogP contribution in [0.15, 0.2) is 16.6 Å². The van der Waals surface area contributed by atoms with E-state index in [1.807, 2.05) is 0 Å². The van der Waals surface area contributed by atoms with Gasteiger partial charge >= 0.3 is 0 Å². The zero-order chi connectivity index (χ0) is 15.8. The van der Waals surface area contributed by atoms with Gasteiger partial charge in [0.2, 0.25) is 0 Å². The van der Waals surface area contributed by atoms with Gasteiger partial charge in [0, 0.05) is 31.2 Å². The van der Waals surface area contributed by atoms with Crippen LogP contribution >= 0.6 is 15.9 Å². The predicted octanol–water partition coefficient (Wildman–Crippen LogP) is 4.33. The highest BCUT2D eigenvalue weighted by atomic mass is 79.9. The molecule has 1 aromatic carbocycles. The van der Waals surface area contributed by atoms with Crippen LogP contribution in [0.5, 0.6) is 0 Å². The summed E-state index contributed by atoms with van der Waals surface area (Å²) in [5.74, 6) is -1.06. The lowest BCUT2D eigenvalue weighted by molar-refractivity contribution is 0.233. The number of anilines is 1. The van der Waals surface area contributed by atoms with Crippen molar-refractivity contribution in [1.29, 1.82) is 0 Å². The SMILES string of the molecule is CCC1CNC(C(C)(C)C)CN1c1cc(Br)c(F)cc1F. The molecule has 1 fully saturated rings. The third-order valence-electron chi connectivity index (χ3n) is 4.24. The quantitative estimate of drug-likeness (QED) is 0.789. The Morgan fingerprint density at radius 1 is 1.29 bits per heavy atom. The summed E-state index contributed by atoms with van der Waals surface area (Å²) in [6.45, 7) is 10.1. The molecule has 0 saturated carbocycles. The van der Waals surface area contributed by atoms with Crippen molar-refractivity contribution < 1.29 is 8.78 Å². The van der Waals surface area contributed by atoms with Gasteiger partial charge in [-0.15, -0.1) is 0 Å². The van der Waals surface area contributed by atoms with E-state index in [2.05, 4.69) is 53.8 Å². The Hall–Kier alpha value is -0.680. The molecule has 1 heterocycles. The average Bonchev–Trinajstić information content (AvgIpc) is 2.41. The molecule has 0 aliphatic carbocycles. The van der Waals surface area contributed by atoms with Crippen molar-refractivity contribution >= 4 is 21.6 Å². The van der Waals surface area contributed by atoms with Crippen molar-refractivity contribution in [3.63, 3.8) is 0 Å². The first kappa shape index (κ1) is 16.7. The van der Waals surface area contributed by atoms with Crippen LogP contribution in [0.4, 0.5) is 14.5 Å². The molecular weight excluding hydrogens is 338 g/mol. The molecule has 0 amide bonds. The number of halogens is 3. The summed E-state index contributed by atoms with van der Waals surface area (Å²) in [4.78, 5) is 2.08. The van der Waals surface area contributed by atoms with Crippen molar-refractivity contribution in [3.8, 4) is 0 Å². The lowest BCUT2D eigenvalue weighted by Gasteiger charge is -2.46. The fourth-order valence-electron chi connectivity index (χ4n) is 2.77. The molecule has 2 unspecified atom stereocenters. The van der Waals surface area contributed by atoms with Gasteiger partial charge < -0.3 is 10.2 Å². The number of hydrogen-bond donors (Lipinski definition) is 1. The molecule has 2 rings (SSSR count). The molecule has 0 spiro atoms. The minimum absolute atomic E-state index is 0.0880. The molecule has 5 heteroatoms. The summed E-state index contributed by atoms with van der Waals surface area (Å²) < 4.78 is 28.0. The second kappa shape index (κ2) is 6.21. The van der Waals surface area contributed by atoms with Crippen molar-refractivity contribution in [3.05, 3.63) is 28.2 Å². The lowest BCUT2D eigenvalue weighted by Crippen LogP contribution is -2.60.